The highest BCUT2D eigenvalue weighted by Crippen LogP contribution is 2.27. The standard InChI is InChI=1S/C19H22N2O4S/c1-25-17-12-11-14(19(22)20-15-7-3-2-4-8-15)13-18(17)26(23,24)21-16-9-5-6-10-16/h2-4,7-8,11-13,16,21H,5-6,9-10H2,1H3,(H,20,22). The van der Waals surface area contributed by atoms with Crippen LogP contribution in [0.15, 0.2) is 53.4 Å². The van der Waals surface area contributed by atoms with Crippen LogP contribution in [-0.4, -0.2) is 27.5 Å². The number of amides is 1. The van der Waals surface area contributed by atoms with Gasteiger partial charge in [0.15, 0.2) is 0 Å². The molecule has 0 unspecified atom stereocenters. The summed E-state index contributed by atoms with van der Waals surface area (Å²) in [5, 5.41) is 2.75. The molecule has 0 heterocycles. The molecule has 1 fully saturated rings. The summed E-state index contributed by atoms with van der Waals surface area (Å²) in [6.45, 7) is 0. The Labute approximate surface area is 153 Å². The highest BCUT2D eigenvalue weighted by atomic mass is 32.2. The van der Waals surface area contributed by atoms with Gasteiger partial charge < -0.3 is 10.1 Å². The maximum absolute atomic E-state index is 12.8. The van der Waals surface area contributed by atoms with Gasteiger partial charge in [0.1, 0.15) is 10.6 Å². The fourth-order valence-corrected chi connectivity index (χ4v) is 4.58. The van der Waals surface area contributed by atoms with Crippen molar-refractivity contribution in [3.05, 3.63) is 54.1 Å². The lowest BCUT2D eigenvalue weighted by atomic mass is 10.2. The lowest BCUT2D eigenvalue weighted by Gasteiger charge is -2.15. The zero-order valence-corrected chi connectivity index (χ0v) is 15.4. The third-order valence-corrected chi connectivity index (χ3v) is 5.97. The van der Waals surface area contributed by atoms with Gasteiger partial charge in [-0.3, -0.25) is 4.79 Å². The molecule has 6 nitrogen and oxygen atoms in total. The number of carbonyl (C=O) groups is 1. The Balaban J connectivity index is 1.87. The monoisotopic (exact) mass is 374 g/mol. The van der Waals surface area contributed by atoms with Gasteiger partial charge in [0.2, 0.25) is 10.0 Å². The van der Waals surface area contributed by atoms with Crippen LogP contribution >= 0.6 is 0 Å². The summed E-state index contributed by atoms with van der Waals surface area (Å²) in [6.07, 6.45) is 3.69. The molecule has 0 aliphatic heterocycles. The van der Waals surface area contributed by atoms with E-state index in [0.29, 0.717) is 5.69 Å². The van der Waals surface area contributed by atoms with Crippen molar-refractivity contribution in [2.24, 2.45) is 0 Å². The van der Waals surface area contributed by atoms with Crippen molar-refractivity contribution in [1.82, 2.24) is 4.72 Å². The van der Waals surface area contributed by atoms with Gasteiger partial charge in [-0.1, -0.05) is 31.0 Å². The second kappa shape index (κ2) is 7.88. The number of methoxy groups -OCH3 is 1. The van der Waals surface area contributed by atoms with Crippen LogP contribution < -0.4 is 14.8 Å². The van der Waals surface area contributed by atoms with Crippen LogP contribution in [0.2, 0.25) is 0 Å². The van der Waals surface area contributed by atoms with E-state index in [4.69, 9.17) is 4.74 Å². The minimum Gasteiger partial charge on any atom is -0.495 e. The number of hydrogen-bond donors (Lipinski definition) is 2. The van der Waals surface area contributed by atoms with Gasteiger partial charge in [0.25, 0.3) is 5.91 Å². The Bertz CT molecular complexity index is 876. The molecular formula is C19H22N2O4S. The number of anilines is 1. The van der Waals surface area contributed by atoms with E-state index in [2.05, 4.69) is 10.0 Å². The summed E-state index contributed by atoms with van der Waals surface area (Å²) in [5.74, 6) is -0.164. The zero-order valence-electron chi connectivity index (χ0n) is 14.6. The van der Waals surface area contributed by atoms with Crippen LogP contribution in [0.3, 0.4) is 0 Å². The molecule has 3 rings (SSSR count). The zero-order chi connectivity index (χ0) is 18.6. The summed E-state index contributed by atoms with van der Waals surface area (Å²) in [7, 11) is -2.36. The van der Waals surface area contributed by atoms with E-state index in [-0.39, 0.29) is 28.2 Å². The van der Waals surface area contributed by atoms with Crippen molar-refractivity contribution in [2.45, 2.75) is 36.6 Å². The lowest BCUT2D eigenvalue weighted by molar-refractivity contribution is 0.102. The molecule has 1 aliphatic carbocycles. The molecule has 26 heavy (non-hydrogen) atoms. The van der Waals surface area contributed by atoms with Crippen molar-refractivity contribution in [3.8, 4) is 5.75 Å². The molecular weight excluding hydrogens is 352 g/mol. The molecule has 0 aromatic heterocycles. The molecule has 7 heteroatoms. The molecule has 1 saturated carbocycles. The second-order valence-corrected chi connectivity index (χ2v) is 7.97. The third-order valence-electron chi connectivity index (χ3n) is 4.42. The van der Waals surface area contributed by atoms with Gasteiger partial charge in [-0.15, -0.1) is 0 Å². The Morgan fingerprint density at radius 1 is 1.08 bits per heavy atom. The van der Waals surface area contributed by atoms with E-state index >= 15 is 0 Å². The van der Waals surface area contributed by atoms with Crippen molar-refractivity contribution >= 4 is 21.6 Å². The molecule has 0 atom stereocenters. The van der Waals surface area contributed by atoms with Gasteiger partial charge >= 0.3 is 0 Å². The summed E-state index contributed by atoms with van der Waals surface area (Å²) in [5.41, 5.74) is 0.892. The van der Waals surface area contributed by atoms with E-state index in [1.165, 1.54) is 19.2 Å². The molecule has 0 saturated heterocycles. The number of para-hydroxylation sites is 1. The molecule has 0 radical (unpaired) electrons. The molecule has 0 spiro atoms. The van der Waals surface area contributed by atoms with Crippen molar-refractivity contribution < 1.29 is 17.9 Å². The largest absolute Gasteiger partial charge is 0.495 e. The molecule has 2 N–H and O–H groups in total. The highest BCUT2D eigenvalue weighted by molar-refractivity contribution is 7.89. The first-order valence-corrected chi connectivity index (χ1v) is 10.0. The van der Waals surface area contributed by atoms with Crippen LogP contribution in [-0.2, 0) is 10.0 Å². The average molecular weight is 374 g/mol. The van der Waals surface area contributed by atoms with Gasteiger partial charge in [-0.05, 0) is 43.2 Å². The molecule has 0 bridgehead atoms. The topological polar surface area (TPSA) is 84.5 Å². The first-order chi connectivity index (χ1) is 12.5. The minimum atomic E-state index is -3.77. The molecule has 1 aliphatic rings. The maximum atomic E-state index is 12.8. The predicted molar refractivity (Wildman–Crippen MR) is 100.0 cm³/mol. The Morgan fingerprint density at radius 2 is 1.77 bits per heavy atom. The number of nitrogens with one attached hydrogen (secondary N) is 2. The molecule has 1 amide bonds. The van der Waals surface area contributed by atoms with Crippen molar-refractivity contribution in [2.75, 3.05) is 12.4 Å². The van der Waals surface area contributed by atoms with Gasteiger partial charge in [0, 0.05) is 17.3 Å². The summed E-state index contributed by atoms with van der Waals surface area (Å²) in [6, 6.07) is 13.3. The SMILES string of the molecule is COc1ccc(C(=O)Nc2ccccc2)cc1S(=O)(=O)NC1CCCC1. The summed E-state index contributed by atoms with van der Waals surface area (Å²) < 4.78 is 33.5. The maximum Gasteiger partial charge on any atom is 0.255 e. The number of ether oxygens (including phenoxy) is 1. The minimum absolute atomic E-state index is 0.0207. The van der Waals surface area contributed by atoms with Gasteiger partial charge in [-0.2, -0.15) is 0 Å². The van der Waals surface area contributed by atoms with E-state index in [0.717, 1.165) is 25.7 Å². The summed E-state index contributed by atoms with van der Waals surface area (Å²) >= 11 is 0. The molecule has 2 aromatic rings. The Kier molecular flexibility index (Phi) is 5.58. The normalized spacial score (nSPS) is 15.0. The quantitative estimate of drug-likeness (QED) is 0.813. The Hall–Kier alpha value is -2.38. The van der Waals surface area contributed by atoms with Crippen molar-refractivity contribution in [1.29, 1.82) is 0 Å². The highest BCUT2D eigenvalue weighted by Gasteiger charge is 2.26. The van der Waals surface area contributed by atoms with E-state index in [9.17, 15) is 13.2 Å². The predicted octanol–water partition coefficient (Wildman–Crippen LogP) is 3.17. The van der Waals surface area contributed by atoms with Gasteiger partial charge in [-0.25, -0.2) is 13.1 Å². The number of hydrogen-bond acceptors (Lipinski definition) is 4. The van der Waals surface area contributed by atoms with Gasteiger partial charge in [0.05, 0.1) is 7.11 Å². The third kappa shape index (κ3) is 4.23. The molecule has 138 valence electrons. The summed E-state index contributed by atoms with van der Waals surface area (Å²) in [4.78, 5) is 12.4. The first-order valence-electron chi connectivity index (χ1n) is 8.56. The fourth-order valence-electron chi connectivity index (χ4n) is 3.08. The van der Waals surface area contributed by atoms with Crippen molar-refractivity contribution in [3.63, 3.8) is 0 Å². The number of sulfonamides is 1. The van der Waals surface area contributed by atoms with E-state index < -0.39 is 10.0 Å². The second-order valence-electron chi connectivity index (χ2n) is 6.29. The first kappa shape index (κ1) is 18.4. The van der Waals surface area contributed by atoms with E-state index in [1.54, 1.807) is 18.2 Å². The van der Waals surface area contributed by atoms with Crippen LogP contribution in [0.5, 0.6) is 5.75 Å². The van der Waals surface area contributed by atoms with Crippen LogP contribution in [0.1, 0.15) is 36.0 Å². The fraction of sp³-hybridized carbons (Fsp3) is 0.316. The van der Waals surface area contributed by atoms with Crippen LogP contribution in [0.25, 0.3) is 0 Å². The Morgan fingerprint density at radius 3 is 2.42 bits per heavy atom. The van der Waals surface area contributed by atoms with Crippen LogP contribution in [0.4, 0.5) is 5.69 Å². The lowest BCUT2D eigenvalue weighted by Crippen LogP contribution is -2.33. The number of carbonyl (C=O) groups excluding carboxylic acids is 1. The van der Waals surface area contributed by atoms with E-state index in [1.807, 2.05) is 18.2 Å². The smallest absolute Gasteiger partial charge is 0.255 e. The number of benzene rings is 2. The average Bonchev–Trinajstić information content (AvgIpc) is 3.14. The molecule has 2 aromatic carbocycles. The van der Waals surface area contributed by atoms with Crippen LogP contribution in [0, 0.1) is 0 Å². The number of rotatable bonds is 6.